The first-order chi connectivity index (χ1) is 9.38. The van der Waals surface area contributed by atoms with E-state index in [9.17, 15) is 9.59 Å². The average Bonchev–Trinajstić information content (AvgIpc) is 2.81. The number of nitrogens with one attached hydrogen (secondary N) is 1. The molecule has 0 saturated carbocycles. The molecule has 20 heavy (non-hydrogen) atoms. The van der Waals surface area contributed by atoms with Crippen LogP contribution in [0.4, 0.5) is 5.69 Å². The van der Waals surface area contributed by atoms with Gasteiger partial charge in [-0.3, -0.25) is 9.59 Å². The number of oxazole rings is 1. The fraction of sp³-hybridized carbons (Fsp3) is 0.357. The Morgan fingerprint density at radius 1 is 1.45 bits per heavy atom. The summed E-state index contributed by atoms with van der Waals surface area (Å²) in [5.74, 6) is 0.698. The van der Waals surface area contributed by atoms with Crippen molar-refractivity contribution in [3.05, 3.63) is 34.7 Å². The van der Waals surface area contributed by atoms with Gasteiger partial charge >= 0.3 is 0 Å². The molecule has 0 fully saturated rings. The molecular weight excluding hydrogens is 258 g/mol. The molecular formula is C14H17N3O3. The Balaban J connectivity index is 2.45. The van der Waals surface area contributed by atoms with Gasteiger partial charge in [0.15, 0.2) is 11.7 Å². The monoisotopic (exact) mass is 275 g/mol. The smallest absolute Gasteiger partial charge is 0.274 e. The number of anilines is 1. The molecule has 6 nitrogen and oxygen atoms in total. The molecule has 0 bridgehead atoms. The van der Waals surface area contributed by atoms with Gasteiger partial charge in [0.05, 0.1) is 6.20 Å². The van der Waals surface area contributed by atoms with Crippen molar-refractivity contribution >= 4 is 11.6 Å². The maximum Gasteiger partial charge on any atom is 0.274 e. The second-order valence-electron chi connectivity index (χ2n) is 4.95. The van der Waals surface area contributed by atoms with Crippen LogP contribution in [-0.2, 0) is 11.8 Å². The molecule has 2 heterocycles. The highest BCUT2D eigenvalue weighted by Gasteiger charge is 2.13. The van der Waals surface area contributed by atoms with Crippen molar-refractivity contribution < 1.29 is 9.21 Å². The van der Waals surface area contributed by atoms with Crippen molar-refractivity contribution in [1.29, 1.82) is 0 Å². The molecule has 0 radical (unpaired) electrons. The Morgan fingerprint density at radius 2 is 2.15 bits per heavy atom. The first-order valence-corrected chi connectivity index (χ1v) is 6.33. The number of hydrogen-bond acceptors (Lipinski definition) is 4. The lowest BCUT2D eigenvalue weighted by Crippen LogP contribution is -2.26. The molecule has 106 valence electrons. The van der Waals surface area contributed by atoms with E-state index in [1.54, 1.807) is 46.3 Å². The normalized spacial score (nSPS) is 10.8. The van der Waals surface area contributed by atoms with Crippen LogP contribution in [0, 0.1) is 12.8 Å². The second kappa shape index (κ2) is 5.32. The largest absolute Gasteiger partial charge is 0.441 e. The maximum absolute atomic E-state index is 12.0. The van der Waals surface area contributed by atoms with Crippen LogP contribution in [0.3, 0.4) is 0 Å². The van der Waals surface area contributed by atoms with Crippen molar-refractivity contribution in [1.82, 2.24) is 9.55 Å². The summed E-state index contributed by atoms with van der Waals surface area (Å²) in [7, 11) is 1.63. The van der Waals surface area contributed by atoms with E-state index in [1.165, 1.54) is 4.57 Å². The van der Waals surface area contributed by atoms with E-state index < -0.39 is 0 Å². The van der Waals surface area contributed by atoms with Crippen molar-refractivity contribution in [2.75, 3.05) is 5.32 Å². The highest BCUT2D eigenvalue weighted by Crippen LogP contribution is 2.21. The number of carbonyl (C=O) groups is 1. The van der Waals surface area contributed by atoms with Gasteiger partial charge in [0.1, 0.15) is 5.69 Å². The number of rotatable bonds is 3. The summed E-state index contributed by atoms with van der Waals surface area (Å²) in [4.78, 5) is 27.8. The van der Waals surface area contributed by atoms with Crippen LogP contribution in [-0.4, -0.2) is 15.5 Å². The van der Waals surface area contributed by atoms with E-state index >= 15 is 0 Å². The lowest BCUT2D eigenvalue weighted by Gasteiger charge is -2.10. The van der Waals surface area contributed by atoms with Gasteiger partial charge in [0.25, 0.3) is 5.56 Å². The Bertz CT molecular complexity index is 698. The van der Waals surface area contributed by atoms with Gasteiger partial charge in [0.2, 0.25) is 5.91 Å². The predicted octanol–water partition coefficient (Wildman–Crippen LogP) is 1.94. The first-order valence-electron chi connectivity index (χ1n) is 6.33. The summed E-state index contributed by atoms with van der Waals surface area (Å²) in [6.45, 7) is 5.28. The minimum absolute atomic E-state index is 0.198. The van der Waals surface area contributed by atoms with E-state index in [2.05, 4.69) is 10.3 Å². The van der Waals surface area contributed by atoms with Crippen molar-refractivity contribution in [2.24, 2.45) is 13.0 Å². The highest BCUT2D eigenvalue weighted by molar-refractivity contribution is 5.92. The Morgan fingerprint density at radius 3 is 2.70 bits per heavy atom. The van der Waals surface area contributed by atoms with Crippen LogP contribution in [0.15, 0.2) is 27.7 Å². The average molecular weight is 275 g/mol. The minimum atomic E-state index is -0.265. The number of aryl methyl sites for hydroxylation is 2. The summed E-state index contributed by atoms with van der Waals surface area (Å²) in [5, 5.41) is 2.63. The molecule has 1 amide bonds. The quantitative estimate of drug-likeness (QED) is 0.928. The first kappa shape index (κ1) is 14.0. The SMILES string of the molecule is Cc1ncc(-c2cc(NC(=O)C(C)C)c(=O)n(C)c2)o1. The van der Waals surface area contributed by atoms with Crippen LogP contribution in [0.1, 0.15) is 19.7 Å². The molecule has 2 aromatic heterocycles. The maximum atomic E-state index is 12.0. The topological polar surface area (TPSA) is 77.1 Å². The second-order valence-corrected chi connectivity index (χ2v) is 4.95. The molecule has 2 aromatic rings. The Labute approximate surface area is 116 Å². The number of nitrogens with zero attached hydrogens (tertiary/aromatic N) is 2. The summed E-state index contributed by atoms with van der Waals surface area (Å²) < 4.78 is 6.84. The van der Waals surface area contributed by atoms with Crippen LogP contribution >= 0.6 is 0 Å². The fourth-order valence-electron chi connectivity index (χ4n) is 1.71. The molecule has 6 heteroatoms. The number of amides is 1. The van der Waals surface area contributed by atoms with Crippen LogP contribution in [0.2, 0.25) is 0 Å². The number of carbonyl (C=O) groups excluding carboxylic acids is 1. The fourth-order valence-corrected chi connectivity index (χ4v) is 1.71. The summed E-state index contributed by atoms with van der Waals surface area (Å²) in [6.07, 6.45) is 3.23. The van der Waals surface area contributed by atoms with Gasteiger partial charge < -0.3 is 14.3 Å². The molecule has 0 aromatic carbocycles. The summed E-state index contributed by atoms with van der Waals surface area (Å²) >= 11 is 0. The highest BCUT2D eigenvalue weighted by atomic mass is 16.4. The van der Waals surface area contributed by atoms with Gasteiger partial charge in [-0.25, -0.2) is 4.98 Å². The molecule has 1 N–H and O–H groups in total. The molecule has 0 unspecified atom stereocenters. The van der Waals surface area contributed by atoms with Gasteiger partial charge in [-0.1, -0.05) is 13.8 Å². The number of hydrogen-bond donors (Lipinski definition) is 1. The van der Waals surface area contributed by atoms with Crippen LogP contribution in [0.25, 0.3) is 11.3 Å². The minimum Gasteiger partial charge on any atom is -0.441 e. The summed E-state index contributed by atoms with van der Waals surface area (Å²) in [6, 6.07) is 1.60. The number of pyridine rings is 1. The third-order valence-electron chi connectivity index (χ3n) is 2.87. The third-order valence-corrected chi connectivity index (χ3v) is 2.87. The zero-order valence-electron chi connectivity index (χ0n) is 11.9. The number of aromatic nitrogens is 2. The van der Waals surface area contributed by atoms with Gasteiger partial charge in [0, 0.05) is 31.6 Å². The molecule has 2 rings (SSSR count). The molecule has 0 saturated heterocycles. The molecule has 0 atom stereocenters. The Hall–Kier alpha value is -2.37. The Kier molecular flexibility index (Phi) is 3.74. The van der Waals surface area contributed by atoms with E-state index in [0.717, 1.165) is 0 Å². The van der Waals surface area contributed by atoms with E-state index in [4.69, 9.17) is 4.42 Å². The van der Waals surface area contributed by atoms with E-state index in [1.807, 2.05) is 0 Å². The lowest BCUT2D eigenvalue weighted by atomic mass is 10.2. The van der Waals surface area contributed by atoms with Crippen LogP contribution in [0.5, 0.6) is 0 Å². The van der Waals surface area contributed by atoms with Gasteiger partial charge in [-0.05, 0) is 6.07 Å². The molecule has 0 aliphatic heterocycles. The lowest BCUT2D eigenvalue weighted by molar-refractivity contribution is -0.118. The third kappa shape index (κ3) is 2.79. The zero-order valence-corrected chi connectivity index (χ0v) is 11.9. The van der Waals surface area contributed by atoms with Gasteiger partial charge in [-0.2, -0.15) is 0 Å². The van der Waals surface area contributed by atoms with E-state index in [-0.39, 0.29) is 23.1 Å². The summed E-state index contributed by atoms with van der Waals surface area (Å²) in [5.41, 5.74) is 0.656. The van der Waals surface area contributed by atoms with E-state index in [0.29, 0.717) is 17.2 Å². The molecule has 0 aliphatic rings. The van der Waals surface area contributed by atoms with Crippen molar-refractivity contribution in [3.63, 3.8) is 0 Å². The predicted molar refractivity (Wildman–Crippen MR) is 75.4 cm³/mol. The van der Waals surface area contributed by atoms with Crippen molar-refractivity contribution in [3.8, 4) is 11.3 Å². The zero-order chi connectivity index (χ0) is 14.9. The van der Waals surface area contributed by atoms with Crippen LogP contribution < -0.4 is 10.9 Å². The molecule has 0 aliphatic carbocycles. The van der Waals surface area contributed by atoms with Gasteiger partial charge in [-0.15, -0.1) is 0 Å². The standard InChI is InChI=1S/C14H17N3O3/c1-8(2)13(18)16-11-5-10(7-17(4)14(11)19)12-6-15-9(3)20-12/h5-8H,1-4H3,(H,16,18). The van der Waals surface area contributed by atoms with Crippen molar-refractivity contribution in [2.45, 2.75) is 20.8 Å². The molecule has 0 spiro atoms.